The van der Waals surface area contributed by atoms with Gasteiger partial charge in [0.1, 0.15) is 0 Å². The standard InChI is InChI=1S/C21H13.2C12H10.C5H5.C2H4.2ClH.Zr/c1-2-8-15-14(7-1)13-20-18-11-4-3-9-16(18)17-10-5-6-12-19(17)21(15)20;2*1-3-7-11(8-4-1)12-9-5-2-6-10-12;1-2-4-5-3-1;1-2;;;/h1-13H;2*1-10H;1-3H,4H2;1H,2H3;2*1H;/q;;;;;;;+2/p-2. The van der Waals surface area contributed by atoms with Gasteiger partial charge in [0.05, 0.1) is 0 Å². The zero-order chi connectivity index (χ0) is 35.8. The van der Waals surface area contributed by atoms with Crippen molar-refractivity contribution in [3.8, 4) is 33.4 Å². The third kappa shape index (κ3) is 8.51. The van der Waals surface area contributed by atoms with E-state index in [1.54, 1.807) is 14.4 Å². The zero-order valence-corrected chi connectivity index (χ0v) is 34.8. The first kappa shape index (κ1) is 39.8. The van der Waals surface area contributed by atoms with Gasteiger partial charge < -0.3 is 24.8 Å². The van der Waals surface area contributed by atoms with Gasteiger partial charge in [0.2, 0.25) is 0 Å². The number of hydrogen-bond donors (Lipinski definition) is 0. The summed E-state index contributed by atoms with van der Waals surface area (Å²) in [5.41, 5.74) is 11.2. The van der Waals surface area contributed by atoms with Gasteiger partial charge >= 0.3 is 180 Å². The Labute approximate surface area is 345 Å². The predicted molar refractivity (Wildman–Crippen MR) is 226 cm³/mol. The van der Waals surface area contributed by atoms with Crippen LogP contribution in [0, 0.1) is 0 Å². The van der Waals surface area contributed by atoms with Gasteiger partial charge in [-0.2, -0.15) is 0 Å². The van der Waals surface area contributed by atoms with E-state index in [1.165, 1.54) is 54.9 Å². The summed E-state index contributed by atoms with van der Waals surface area (Å²) in [4.78, 5) is 0. The Kier molecular flexibility index (Phi) is 13.8. The van der Waals surface area contributed by atoms with E-state index in [2.05, 4.69) is 199 Å². The molecular formula is C52H42Cl2Zr. The van der Waals surface area contributed by atoms with E-state index in [4.69, 9.17) is 0 Å². The second-order valence-corrected chi connectivity index (χ2v) is 20.1. The van der Waals surface area contributed by atoms with Crippen LogP contribution in [0.2, 0.25) is 0 Å². The molecule has 8 aromatic rings. The second-order valence-electron chi connectivity index (χ2n) is 13.4. The molecule has 10 rings (SSSR count). The van der Waals surface area contributed by atoms with Crippen molar-refractivity contribution in [2.24, 2.45) is 0 Å². The number of allylic oxidation sites excluding steroid dienone is 4. The molecule has 1 atom stereocenters. The molecule has 0 nitrogen and oxygen atoms in total. The first-order valence-electron chi connectivity index (χ1n) is 18.6. The van der Waals surface area contributed by atoms with E-state index < -0.39 is 21.3 Å². The molecule has 0 N–H and O–H groups in total. The average molecular weight is 829 g/mol. The van der Waals surface area contributed by atoms with Crippen molar-refractivity contribution in [1.82, 2.24) is 0 Å². The van der Waals surface area contributed by atoms with Gasteiger partial charge in [0.15, 0.2) is 0 Å². The maximum absolute atomic E-state index is 2.61. The molecule has 2 aliphatic rings. The topological polar surface area (TPSA) is 0 Å². The van der Waals surface area contributed by atoms with Gasteiger partial charge in [-0.05, 0) is 22.3 Å². The molecule has 0 amide bonds. The number of halogens is 2. The first-order valence-corrected chi connectivity index (χ1v) is 22.6. The number of fused-ring (bicyclic) bond motifs is 8. The van der Waals surface area contributed by atoms with E-state index in [0.717, 1.165) is 6.42 Å². The summed E-state index contributed by atoms with van der Waals surface area (Å²) >= 11 is -2.02. The average Bonchev–Trinajstić information content (AvgIpc) is 3.91. The third-order valence-corrected chi connectivity index (χ3v) is 17.6. The van der Waals surface area contributed by atoms with E-state index in [-0.39, 0.29) is 24.8 Å². The summed E-state index contributed by atoms with van der Waals surface area (Å²) < 4.78 is 4.90. The third-order valence-electron chi connectivity index (χ3n) is 10.3. The van der Waals surface area contributed by atoms with E-state index in [1.807, 2.05) is 24.3 Å². The van der Waals surface area contributed by atoms with Gasteiger partial charge in [-0.3, -0.25) is 0 Å². The van der Waals surface area contributed by atoms with Crippen LogP contribution in [0.4, 0.5) is 0 Å². The summed E-state index contributed by atoms with van der Waals surface area (Å²) in [6.07, 6.45) is 8.16. The minimum atomic E-state index is -2.02. The van der Waals surface area contributed by atoms with Crippen LogP contribution in [0.5, 0.6) is 0 Å². The maximum Gasteiger partial charge on any atom is -0.0184 e. The van der Waals surface area contributed by atoms with Crippen LogP contribution < -0.4 is 24.8 Å². The van der Waals surface area contributed by atoms with Gasteiger partial charge in [-0.15, -0.1) is 0 Å². The Balaban J connectivity index is 0.000000164. The normalized spacial score (nSPS) is 13.2. The summed E-state index contributed by atoms with van der Waals surface area (Å²) in [7, 11) is 0. The van der Waals surface area contributed by atoms with Crippen molar-refractivity contribution in [2.45, 2.75) is 17.0 Å². The van der Waals surface area contributed by atoms with Crippen LogP contribution in [-0.4, -0.2) is 3.71 Å². The Morgan fingerprint density at radius 2 is 0.855 bits per heavy atom. The Bertz CT molecular complexity index is 2430. The maximum atomic E-state index is 2.61. The minimum absolute atomic E-state index is 0. The smallest absolute Gasteiger partial charge is 0.0184 e. The molecule has 0 aromatic heterocycles. The molecule has 55 heavy (non-hydrogen) atoms. The van der Waals surface area contributed by atoms with Crippen LogP contribution in [0.15, 0.2) is 216 Å². The van der Waals surface area contributed by atoms with Crippen molar-refractivity contribution in [1.29, 1.82) is 0 Å². The Morgan fingerprint density at radius 1 is 0.455 bits per heavy atom. The molecular weight excluding hydrogens is 787 g/mol. The number of benzene rings is 8. The number of rotatable bonds is 4. The van der Waals surface area contributed by atoms with Crippen LogP contribution in [0.3, 0.4) is 0 Å². The second kappa shape index (κ2) is 19.1. The largest absolute Gasteiger partial charge is 1.00 e. The fourth-order valence-electron chi connectivity index (χ4n) is 7.93. The van der Waals surface area contributed by atoms with Crippen molar-refractivity contribution < 1.29 is 46.1 Å². The van der Waals surface area contributed by atoms with Crippen molar-refractivity contribution in [2.75, 3.05) is 0 Å². The molecule has 0 bridgehead atoms. The first-order chi connectivity index (χ1) is 26.3. The molecule has 8 aromatic carbocycles. The molecule has 0 saturated carbocycles. The van der Waals surface area contributed by atoms with Crippen LogP contribution in [0.25, 0.3) is 54.9 Å². The molecule has 1 unspecified atom stereocenters. The Morgan fingerprint density at radius 3 is 1.31 bits per heavy atom. The summed E-state index contributed by atoms with van der Waals surface area (Å²) in [5.74, 6) is 0. The van der Waals surface area contributed by atoms with E-state index in [0.29, 0.717) is 3.63 Å². The quantitative estimate of drug-likeness (QED) is 0.158. The van der Waals surface area contributed by atoms with Crippen LogP contribution in [0.1, 0.15) is 28.1 Å². The van der Waals surface area contributed by atoms with Crippen LogP contribution in [-0.2, 0) is 21.3 Å². The molecule has 0 heterocycles. The van der Waals surface area contributed by atoms with Crippen LogP contribution >= 0.6 is 0 Å². The summed E-state index contributed by atoms with van der Waals surface area (Å²) in [6.45, 7) is 2.32. The van der Waals surface area contributed by atoms with Gasteiger partial charge in [-0.1, -0.05) is 121 Å². The van der Waals surface area contributed by atoms with E-state index in [9.17, 15) is 0 Å². The van der Waals surface area contributed by atoms with Gasteiger partial charge in [0, 0.05) is 0 Å². The molecule has 0 fully saturated rings. The number of hydrogen-bond acceptors (Lipinski definition) is 0. The molecule has 0 saturated heterocycles. The molecule has 3 heteroatoms. The molecule has 0 aliphatic heterocycles. The zero-order valence-electron chi connectivity index (χ0n) is 30.8. The van der Waals surface area contributed by atoms with Crippen molar-refractivity contribution in [3.63, 3.8) is 0 Å². The van der Waals surface area contributed by atoms with E-state index >= 15 is 0 Å². The minimum Gasteiger partial charge on any atom is -1.00 e. The molecule has 268 valence electrons. The molecule has 0 radical (unpaired) electrons. The molecule has 0 spiro atoms. The Hall–Kier alpha value is -4.91. The summed E-state index contributed by atoms with van der Waals surface area (Å²) in [5, 5.41) is 5.64. The fourth-order valence-corrected chi connectivity index (χ4v) is 15.1. The van der Waals surface area contributed by atoms with Crippen molar-refractivity contribution in [3.05, 3.63) is 227 Å². The summed E-state index contributed by atoms with van der Waals surface area (Å²) in [6, 6.07) is 68.8. The van der Waals surface area contributed by atoms with Gasteiger partial charge in [-0.25, -0.2) is 0 Å². The van der Waals surface area contributed by atoms with Gasteiger partial charge in [0.25, 0.3) is 0 Å². The molecule has 2 aliphatic carbocycles. The van der Waals surface area contributed by atoms with Crippen molar-refractivity contribution >= 4 is 25.3 Å². The fraction of sp³-hybridized carbons (Fsp3) is 0.0577. The monoisotopic (exact) mass is 826 g/mol. The SMILES string of the molecule is C/[CH]=[Zr+2](\[C]1=CC=CC1)[CH]1c2ccccc2-c2c1c1ccccc1c1ccccc21.[Cl-].[Cl-].c1ccc(-c2ccccc2)cc1.c1ccc(-c2ccccc2)cc1. The predicted octanol–water partition coefficient (Wildman–Crippen LogP) is 8.06.